The van der Waals surface area contributed by atoms with Crippen molar-refractivity contribution in [1.82, 2.24) is 15.3 Å². The summed E-state index contributed by atoms with van der Waals surface area (Å²) >= 11 is 0. The number of nitrogens with zero attached hydrogens (tertiary/aromatic N) is 2. The van der Waals surface area contributed by atoms with Crippen molar-refractivity contribution in [1.29, 1.82) is 0 Å². The van der Waals surface area contributed by atoms with E-state index in [0.29, 0.717) is 0 Å². The number of hydrogen-bond acceptors (Lipinski definition) is 3. The van der Waals surface area contributed by atoms with Crippen LogP contribution in [0.3, 0.4) is 0 Å². The molecule has 3 nitrogen and oxygen atoms in total. The van der Waals surface area contributed by atoms with Gasteiger partial charge in [0.25, 0.3) is 0 Å². The lowest BCUT2D eigenvalue weighted by Crippen LogP contribution is -2.52. The first-order valence-electron chi connectivity index (χ1n) is 11.8. The SMILES string of the molecule is CC(C)(C)c1cccc(C(C)(C)C)n1.CC1(C)C=CCC(C)(C)N1.Cc1cccc(C)n1. The van der Waals surface area contributed by atoms with E-state index in [0.717, 1.165) is 17.8 Å². The molecule has 0 unspecified atom stereocenters. The molecule has 0 bridgehead atoms. The molecule has 0 amide bonds. The van der Waals surface area contributed by atoms with Crippen molar-refractivity contribution < 1.29 is 0 Å². The predicted octanol–water partition coefficient (Wildman–Crippen LogP) is 7.47. The zero-order valence-corrected chi connectivity index (χ0v) is 22.7. The van der Waals surface area contributed by atoms with Crippen LogP contribution in [0.15, 0.2) is 48.6 Å². The van der Waals surface area contributed by atoms with Gasteiger partial charge < -0.3 is 5.32 Å². The van der Waals surface area contributed by atoms with Gasteiger partial charge in [-0.25, -0.2) is 0 Å². The fourth-order valence-corrected chi connectivity index (χ4v) is 3.56. The van der Waals surface area contributed by atoms with Crippen LogP contribution in [0.2, 0.25) is 0 Å². The summed E-state index contributed by atoms with van der Waals surface area (Å²) in [5, 5.41) is 3.55. The first-order chi connectivity index (χ1) is 14.4. The summed E-state index contributed by atoms with van der Waals surface area (Å²) in [6.07, 6.45) is 5.63. The van der Waals surface area contributed by atoms with Crippen LogP contribution < -0.4 is 5.32 Å². The Kier molecular flexibility index (Phi) is 9.41. The summed E-state index contributed by atoms with van der Waals surface area (Å²) in [6.45, 7) is 26.0. The van der Waals surface area contributed by atoms with Crippen molar-refractivity contribution in [2.45, 2.75) is 111 Å². The molecule has 0 saturated heterocycles. The van der Waals surface area contributed by atoms with Crippen LogP contribution >= 0.6 is 0 Å². The minimum Gasteiger partial charge on any atom is -0.303 e. The maximum absolute atomic E-state index is 4.72. The molecule has 0 aromatic carbocycles. The van der Waals surface area contributed by atoms with Crippen molar-refractivity contribution in [2.24, 2.45) is 0 Å². The van der Waals surface area contributed by atoms with Crippen LogP contribution in [0.4, 0.5) is 0 Å². The minimum absolute atomic E-state index is 0.140. The molecule has 2 aromatic heterocycles. The van der Waals surface area contributed by atoms with Crippen molar-refractivity contribution in [3.05, 3.63) is 71.3 Å². The van der Waals surface area contributed by atoms with E-state index in [-0.39, 0.29) is 21.9 Å². The lowest BCUT2D eigenvalue weighted by Gasteiger charge is -2.38. The molecule has 0 aliphatic carbocycles. The van der Waals surface area contributed by atoms with Crippen LogP contribution in [0.5, 0.6) is 0 Å². The van der Waals surface area contributed by atoms with Gasteiger partial charge in [0.05, 0.1) is 0 Å². The number of nitrogens with one attached hydrogen (secondary N) is 1. The van der Waals surface area contributed by atoms with Crippen molar-refractivity contribution in [3.8, 4) is 0 Å². The summed E-state index contributed by atoms with van der Waals surface area (Å²) in [5.41, 5.74) is 5.26. The second kappa shape index (κ2) is 10.7. The van der Waals surface area contributed by atoms with E-state index >= 15 is 0 Å². The molecule has 1 aliphatic heterocycles. The highest BCUT2D eigenvalue weighted by Gasteiger charge is 2.27. The Bertz CT molecular complexity index is 831. The monoisotopic (exact) mass is 437 g/mol. The van der Waals surface area contributed by atoms with Crippen LogP contribution in [-0.4, -0.2) is 21.0 Å². The zero-order chi connectivity index (χ0) is 24.8. The Balaban J connectivity index is 0.000000251. The summed E-state index contributed by atoms with van der Waals surface area (Å²) in [7, 11) is 0. The number of aromatic nitrogens is 2. The molecule has 32 heavy (non-hydrogen) atoms. The number of aryl methyl sites for hydroxylation is 2. The molecule has 0 fully saturated rings. The number of hydrogen-bond donors (Lipinski definition) is 1. The van der Waals surface area contributed by atoms with E-state index in [2.05, 4.69) is 110 Å². The first-order valence-corrected chi connectivity index (χ1v) is 11.8. The molecule has 178 valence electrons. The van der Waals surface area contributed by atoms with Gasteiger partial charge >= 0.3 is 0 Å². The third-order valence-electron chi connectivity index (χ3n) is 5.14. The van der Waals surface area contributed by atoms with Crippen LogP contribution in [0.25, 0.3) is 0 Å². The van der Waals surface area contributed by atoms with E-state index in [1.165, 1.54) is 11.4 Å². The largest absolute Gasteiger partial charge is 0.303 e. The van der Waals surface area contributed by atoms with E-state index in [4.69, 9.17) is 4.98 Å². The second-order valence-corrected chi connectivity index (χ2v) is 12.2. The lowest BCUT2D eigenvalue weighted by atomic mass is 9.88. The van der Waals surface area contributed by atoms with Gasteiger partial charge in [-0.15, -0.1) is 0 Å². The van der Waals surface area contributed by atoms with E-state index < -0.39 is 0 Å². The van der Waals surface area contributed by atoms with Gasteiger partial charge in [0.15, 0.2) is 0 Å². The maximum atomic E-state index is 4.72. The Hall–Kier alpha value is -2.00. The molecule has 3 heteroatoms. The standard InChI is InChI=1S/C13H21N.C9H17N.C7H9N/c1-12(2,3)10-8-7-9-11(14-10)13(4,5)6;1-8(2)6-5-7-9(3,4)10-8;1-6-4-3-5-7(2)8-6/h7-9H,1-6H3;5-6,10H,7H2,1-4H3;3-5H,1-2H3. The Labute approximate surface area is 198 Å². The molecular weight excluding hydrogens is 390 g/mol. The third-order valence-corrected chi connectivity index (χ3v) is 5.14. The summed E-state index contributed by atoms with van der Waals surface area (Å²) in [5.74, 6) is 0. The van der Waals surface area contributed by atoms with Gasteiger partial charge in [0.1, 0.15) is 0 Å². The first kappa shape index (κ1) is 28.0. The van der Waals surface area contributed by atoms with Gasteiger partial charge in [-0.3, -0.25) is 9.97 Å². The van der Waals surface area contributed by atoms with Gasteiger partial charge in [-0.05, 0) is 72.2 Å². The highest BCUT2D eigenvalue weighted by molar-refractivity contribution is 5.21. The normalized spacial score (nSPS) is 16.9. The van der Waals surface area contributed by atoms with Crippen molar-refractivity contribution in [2.75, 3.05) is 0 Å². The van der Waals surface area contributed by atoms with Gasteiger partial charge in [0, 0.05) is 44.7 Å². The molecule has 0 spiro atoms. The van der Waals surface area contributed by atoms with Crippen LogP contribution in [-0.2, 0) is 10.8 Å². The average Bonchev–Trinajstić information content (AvgIpc) is 2.59. The fraction of sp³-hybridized carbons (Fsp3) is 0.586. The van der Waals surface area contributed by atoms with Crippen molar-refractivity contribution >= 4 is 0 Å². The molecule has 3 heterocycles. The molecular formula is C29H47N3. The highest BCUT2D eigenvalue weighted by Crippen LogP contribution is 2.25. The summed E-state index contributed by atoms with van der Waals surface area (Å²) in [6, 6.07) is 12.3. The third kappa shape index (κ3) is 10.5. The zero-order valence-electron chi connectivity index (χ0n) is 22.7. The molecule has 1 N–H and O–H groups in total. The topological polar surface area (TPSA) is 37.8 Å². The molecule has 0 atom stereocenters. The number of rotatable bonds is 0. The second-order valence-electron chi connectivity index (χ2n) is 12.2. The van der Waals surface area contributed by atoms with Crippen LogP contribution in [0, 0.1) is 13.8 Å². The van der Waals surface area contributed by atoms with E-state index in [9.17, 15) is 0 Å². The van der Waals surface area contributed by atoms with Gasteiger partial charge in [-0.1, -0.05) is 65.8 Å². The maximum Gasteiger partial charge on any atom is 0.0460 e. The van der Waals surface area contributed by atoms with E-state index in [1.54, 1.807) is 0 Å². The van der Waals surface area contributed by atoms with Gasteiger partial charge in [0.2, 0.25) is 0 Å². The fourth-order valence-electron chi connectivity index (χ4n) is 3.56. The molecule has 0 radical (unpaired) electrons. The quantitative estimate of drug-likeness (QED) is 0.434. The Morgan fingerprint density at radius 3 is 1.44 bits per heavy atom. The molecule has 2 aromatic rings. The lowest BCUT2D eigenvalue weighted by molar-refractivity contribution is 0.291. The van der Waals surface area contributed by atoms with Gasteiger partial charge in [-0.2, -0.15) is 0 Å². The van der Waals surface area contributed by atoms with Crippen LogP contribution in [0.1, 0.15) is 98.4 Å². The summed E-state index contributed by atoms with van der Waals surface area (Å²) in [4.78, 5) is 8.89. The average molecular weight is 438 g/mol. The molecule has 0 saturated carbocycles. The predicted molar refractivity (Wildman–Crippen MR) is 140 cm³/mol. The Morgan fingerprint density at radius 1 is 0.719 bits per heavy atom. The summed E-state index contributed by atoms with van der Waals surface area (Å²) < 4.78 is 0. The molecule has 3 rings (SSSR count). The Morgan fingerprint density at radius 2 is 1.16 bits per heavy atom. The smallest absolute Gasteiger partial charge is 0.0460 e. The highest BCUT2D eigenvalue weighted by atomic mass is 15.0. The van der Waals surface area contributed by atoms with Crippen molar-refractivity contribution in [3.63, 3.8) is 0 Å². The molecule has 1 aliphatic rings. The minimum atomic E-state index is 0.140. The number of pyridine rings is 2. The van der Waals surface area contributed by atoms with E-state index in [1.807, 2.05) is 32.0 Å².